The Morgan fingerprint density at radius 1 is 1.33 bits per heavy atom. The molecule has 1 rings (SSSR count). The molecule has 1 aliphatic rings. The molecule has 0 spiro atoms. The Balaban J connectivity index is 2.34. The van der Waals surface area contributed by atoms with Crippen molar-refractivity contribution in [1.82, 2.24) is 5.32 Å². The van der Waals surface area contributed by atoms with Gasteiger partial charge in [-0.3, -0.25) is 4.79 Å². The number of carbonyl (C=O) groups is 1. The third-order valence-corrected chi connectivity index (χ3v) is 3.35. The summed E-state index contributed by atoms with van der Waals surface area (Å²) in [4.78, 5) is 11.8. The average Bonchev–Trinajstić information content (AvgIpc) is 2.48. The van der Waals surface area contributed by atoms with E-state index < -0.39 is 0 Å². The van der Waals surface area contributed by atoms with Gasteiger partial charge in [-0.05, 0) is 19.3 Å². The summed E-state index contributed by atoms with van der Waals surface area (Å²) in [5.74, 6) is 0.167. The lowest BCUT2D eigenvalue weighted by Crippen LogP contribution is -2.40. The van der Waals surface area contributed by atoms with Crippen molar-refractivity contribution >= 4 is 5.91 Å². The van der Waals surface area contributed by atoms with E-state index in [2.05, 4.69) is 5.32 Å². The number of amides is 1. The Morgan fingerprint density at radius 3 is 2.40 bits per heavy atom. The minimum absolute atomic E-state index is 0.00764. The number of rotatable bonds is 4. The van der Waals surface area contributed by atoms with Crippen LogP contribution in [0.4, 0.5) is 0 Å². The van der Waals surface area contributed by atoms with Crippen molar-refractivity contribution in [3.63, 3.8) is 0 Å². The van der Waals surface area contributed by atoms with E-state index in [0.29, 0.717) is 12.6 Å². The normalized spacial score (nSPS) is 20.7. The summed E-state index contributed by atoms with van der Waals surface area (Å²) in [5.41, 5.74) is 5.56. The molecule has 3 N–H and O–H groups in total. The molecule has 0 bridgehead atoms. The largest absolute Gasteiger partial charge is 0.353 e. The predicted molar refractivity (Wildman–Crippen MR) is 62.5 cm³/mol. The van der Waals surface area contributed by atoms with Crippen LogP contribution in [-0.2, 0) is 4.79 Å². The summed E-state index contributed by atoms with van der Waals surface area (Å²) in [7, 11) is 0. The lowest BCUT2D eigenvalue weighted by molar-refractivity contribution is -0.125. The van der Waals surface area contributed by atoms with Crippen molar-refractivity contribution in [2.45, 2.75) is 57.9 Å². The SMILES string of the molecule is CCC(CN)C(=O)NC1CCCCCC1. The number of hydrogen-bond donors (Lipinski definition) is 2. The molecule has 1 saturated carbocycles. The van der Waals surface area contributed by atoms with E-state index in [1.165, 1.54) is 25.7 Å². The molecule has 88 valence electrons. The molecule has 15 heavy (non-hydrogen) atoms. The van der Waals surface area contributed by atoms with Gasteiger partial charge in [0.05, 0.1) is 0 Å². The van der Waals surface area contributed by atoms with Crippen molar-refractivity contribution in [2.75, 3.05) is 6.54 Å². The fourth-order valence-electron chi connectivity index (χ4n) is 2.20. The summed E-state index contributed by atoms with van der Waals surface area (Å²) < 4.78 is 0. The quantitative estimate of drug-likeness (QED) is 0.698. The lowest BCUT2D eigenvalue weighted by Gasteiger charge is -2.19. The van der Waals surface area contributed by atoms with Crippen LogP contribution in [0.25, 0.3) is 0 Å². The van der Waals surface area contributed by atoms with E-state index in [9.17, 15) is 4.79 Å². The van der Waals surface area contributed by atoms with Gasteiger partial charge >= 0.3 is 0 Å². The first-order valence-electron chi connectivity index (χ1n) is 6.28. The van der Waals surface area contributed by atoms with Gasteiger partial charge in [0.2, 0.25) is 5.91 Å². The topological polar surface area (TPSA) is 55.1 Å². The molecule has 1 atom stereocenters. The second-order valence-electron chi connectivity index (χ2n) is 4.54. The molecular weight excluding hydrogens is 188 g/mol. The zero-order valence-corrected chi connectivity index (χ0v) is 9.80. The fraction of sp³-hybridized carbons (Fsp3) is 0.917. The fourth-order valence-corrected chi connectivity index (χ4v) is 2.20. The maximum Gasteiger partial charge on any atom is 0.224 e. The van der Waals surface area contributed by atoms with Crippen molar-refractivity contribution in [3.05, 3.63) is 0 Å². The van der Waals surface area contributed by atoms with Crippen LogP contribution in [0.5, 0.6) is 0 Å². The van der Waals surface area contributed by atoms with Crippen LogP contribution >= 0.6 is 0 Å². The molecule has 1 amide bonds. The molecule has 0 heterocycles. The Hall–Kier alpha value is -0.570. The van der Waals surface area contributed by atoms with Gasteiger partial charge in [-0.2, -0.15) is 0 Å². The van der Waals surface area contributed by atoms with Gasteiger partial charge in [0.25, 0.3) is 0 Å². The molecule has 1 fully saturated rings. The molecule has 0 radical (unpaired) electrons. The molecule has 1 unspecified atom stereocenters. The molecule has 3 nitrogen and oxygen atoms in total. The maximum absolute atomic E-state index is 11.8. The van der Waals surface area contributed by atoms with E-state index in [0.717, 1.165) is 19.3 Å². The highest BCUT2D eigenvalue weighted by Gasteiger charge is 2.19. The number of carbonyl (C=O) groups excluding carboxylic acids is 1. The van der Waals surface area contributed by atoms with Crippen LogP contribution in [0.1, 0.15) is 51.9 Å². The van der Waals surface area contributed by atoms with Crippen LogP contribution in [0.2, 0.25) is 0 Å². The molecule has 1 aliphatic carbocycles. The highest BCUT2D eigenvalue weighted by atomic mass is 16.1. The molecule has 0 aromatic heterocycles. The van der Waals surface area contributed by atoms with Crippen molar-refractivity contribution in [2.24, 2.45) is 11.7 Å². The van der Waals surface area contributed by atoms with Crippen molar-refractivity contribution in [1.29, 1.82) is 0 Å². The van der Waals surface area contributed by atoms with E-state index >= 15 is 0 Å². The maximum atomic E-state index is 11.8. The Morgan fingerprint density at radius 2 is 1.93 bits per heavy atom. The zero-order valence-electron chi connectivity index (χ0n) is 9.80. The van der Waals surface area contributed by atoms with E-state index in [1.807, 2.05) is 6.92 Å². The van der Waals surface area contributed by atoms with Gasteiger partial charge in [0.15, 0.2) is 0 Å². The Bertz CT molecular complexity index is 182. The molecule has 0 saturated heterocycles. The van der Waals surface area contributed by atoms with Gasteiger partial charge in [0, 0.05) is 18.5 Å². The van der Waals surface area contributed by atoms with Gasteiger partial charge in [-0.15, -0.1) is 0 Å². The first-order chi connectivity index (χ1) is 7.27. The average molecular weight is 212 g/mol. The second-order valence-corrected chi connectivity index (χ2v) is 4.54. The monoisotopic (exact) mass is 212 g/mol. The first-order valence-corrected chi connectivity index (χ1v) is 6.28. The second kappa shape index (κ2) is 6.83. The highest BCUT2D eigenvalue weighted by Crippen LogP contribution is 2.17. The van der Waals surface area contributed by atoms with Gasteiger partial charge in [-0.25, -0.2) is 0 Å². The van der Waals surface area contributed by atoms with Crippen molar-refractivity contribution < 1.29 is 4.79 Å². The lowest BCUT2D eigenvalue weighted by atomic mass is 10.0. The van der Waals surface area contributed by atoms with Gasteiger partial charge < -0.3 is 11.1 Å². The van der Waals surface area contributed by atoms with Crippen LogP contribution in [-0.4, -0.2) is 18.5 Å². The van der Waals surface area contributed by atoms with Gasteiger partial charge in [0.1, 0.15) is 0 Å². The minimum Gasteiger partial charge on any atom is -0.353 e. The summed E-state index contributed by atoms with van der Waals surface area (Å²) in [6.07, 6.45) is 8.28. The standard InChI is InChI=1S/C12H24N2O/c1-2-10(9-13)12(15)14-11-7-5-3-4-6-8-11/h10-11H,2-9,13H2,1H3,(H,14,15). The van der Waals surface area contributed by atoms with E-state index in [4.69, 9.17) is 5.73 Å². The van der Waals surface area contributed by atoms with Crippen LogP contribution < -0.4 is 11.1 Å². The van der Waals surface area contributed by atoms with E-state index in [1.54, 1.807) is 0 Å². The number of nitrogens with two attached hydrogens (primary N) is 1. The van der Waals surface area contributed by atoms with Crippen LogP contribution in [0.15, 0.2) is 0 Å². The molecule has 0 aliphatic heterocycles. The molecule has 3 heteroatoms. The summed E-state index contributed by atoms with van der Waals surface area (Å²) >= 11 is 0. The zero-order chi connectivity index (χ0) is 11.1. The Labute approximate surface area is 92.8 Å². The highest BCUT2D eigenvalue weighted by molar-refractivity contribution is 5.79. The summed E-state index contributed by atoms with van der Waals surface area (Å²) in [6.45, 7) is 2.49. The number of nitrogens with one attached hydrogen (secondary N) is 1. The smallest absolute Gasteiger partial charge is 0.224 e. The molecular formula is C12H24N2O. The first kappa shape index (κ1) is 12.5. The van der Waals surface area contributed by atoms with Gasteiger partial charge in [-0.1, -0.05) is 32.6 Å². The molecule has 0 aromatic rings. The van der Waals surface area contributed by atoms with Crippen molar-refractivity contribution in [3.8, 4) is 0 Å². The molecule has 0 aromatic carbocycles. The number of hydrogen-bond acceptors (Lipinski definition) is 2. The van der Waals surface area contributed by atoms with E-state index in [-0.39, 0.29) is 11.8 Å². The van der Waals surface area contributed by atoms with Crippen LogP contribution in [0, 0.1) is 5.92 Å². The Kier molecular flexibility index (Phi) is 5.69. The predicted octanol–water partition coefficient (Wildman–Crippen LogP) is 1.81. The summed E-state index contributed by atoms with van der Waals surface area (Å²) in [6, 6.07) is 0.403. The third kappa shape index (κ3) is 4.20. The minimum atomic E-state index is 0.00764. The van der Waals surface area contributed by atoms with Crippen LogP contribution in [0.3, 0.4) is 0 Å². The third-order valence-electron chi connectivity index (χ3n) is 3.35. The summed E-state index contributed by atoms with van der Waals surface area (Å²) in [5, 5.41) is 3.14.